The number of nitrogens with zero attached hydrogens (tertiary/aromatic N) is 4. The van der Waals surface area contributed by atoms with Crippen LogP contribution in [0.15, 0.2) is 71.8 Å². The van der Waals surface area contributed by atoms with Crippen molar-refractivity contribution < 1.29 is 4.39 Å². The van der Waals surface area contributed by atoms with E-state index < -0.39 is 0 Å². The number of anilines is 1. The number of fused-ring (bicyclic) bond motifs is 1. The van der Waals surface area contributed by atoms with Crippen molar-refractivity contribution in [3.8, 4) is 11.1 Å². The molecule has 6 heteroatoms. The molecule has 0 bridgehead atoms. The molecule has 4 rings (SSSR count). The topological polar surface area (TPSA) is 51.0 Å². The summed E-state index contributed by atoms with van der Waals surface area (Å²) in [7, 11) is 3.82. The third kappa shape index (κ3) is 3.36. The van der Waals surface area contributed by atoms with E-state index in [1.54, 1.807) is 12.3 Å². The number of aromatic nitrogens is 3. The van der Waals surface area contributed by atoms with Gasteiger partial charge in [-0.05, 0) is 41.5 Å². The molecule has 2 heterocycles. The summed E-state index contributed by atoms with van der Waals surface area (Å²) in [6, 6.07) is 16.2. The molecule has 0 saturated heterocycles. The number of para-hydroxylation sites is 2. The van der Waals surface area contributed by atoms with Gasteiger partial charge in [0, 0.05) is 25.9 Å². The van der Waals surface area contributed by atoms with Gasteiger partial charge in [0.2, 0.25) is 0 Å². The van der Waals surface area contributed by atoms with Crippen LogP contribution in [0, 0.1) is 5.82 Å². The first-order chi connectivity index (χ1) is 13.5. The van der Waals surface area contributed by atoms with Gasteiger partial charge >= 0.3 is 0 Å². The normalized spacial score (nSPS) is 11.0. The molecule has 0 aliphatic carbocycles. The van der Waals surface area contributed by atoms with E-state index in [0.29, 0.717) is 16.6 Å². The molecule has 0 unspecified atom stereocenters. The van der Waals surface area contributed by atoms with Gasteiger partial charge in [-0.25, -0.2) is 14.4 Å². The van der Waals surface area contributed by atoms with E-state index in [4.69, 9.17) is 0 Å². The molecule has 28 heavy (non-hydrogen) atoms. The van der Waals surface area contributed by atoms with Gasteiger partial charge in [-0.3, -0.25) is 4.79 Å². The van der Waals surface area contributed by atoms with Crippen LogP contribution in [-0.2, 0) is 6.54 Å². The maximum absolute atomic E-state index is 14.9. The van der Waals surface area contributed by atoms with E-state index in [1.807, 2.05) is 61.5 Å². The molecular formula is C22H19FN4O. The molecular weight excluding hydrogens is 355 g/mol. The van der Waals surface area contributed by atoms with Crippen LogP contribution in [0.5, 0.6) is 0 Å². The predicted octanol–water partition coefficient (Wildman–Crippen LogP) is 3.71. The molecule has 4 aromatic rings. The zero-order valence-corrected chi connectivity index (χ0v) is 15.6. The lowest BCUT2D eigenvalue weighted by atomic mass is 10.0. The fourth-order valence-electron chi connectivity index (χ4n) is 3.15. The highest BCUT2D eigenvalue weighted by Crippen LogP contribution is 2.25. The zero-order valence-electron chi connectivity index (χ0n) is 15.6. The minimum Gasteiger partial charge on any atom is -0.363 e. The fourth-order valence-corrected chi connectivity index (χ4v) is 3.15. The zero-order chi connectivity index (χ0) is 19.7. The molecule has 0 radical (unpaired) electrons. The van der Waals surface area contributed by atoms with Crippen LogP contribution in [0.4, 0.5) is 10.2 Å². The highest BCUT2D eigenvalue weighted by Gasteiger charge is 2.10. The SMILES string of the molecule is CN(C)c1cc(-c2ccc(Cn3c(=O)cnc4ccccc43)c(F)c2)ccn1. The Labute approximate surface area is 161 Å². The average Bonchev–Trinajstić information content (AvgIpc) is 2.71. The Hall–Kier alpha value is -3.54. The highest BCUT2D eigenvalue weighted by molar-refractivity contribution is 5.74. The second-order valence-corrected chi connectivity index (χ2v) is 6.77. The Bertz CT molecular complexity index is 1220. The molecule has 0 fully saturated rings. The third-order valence-electron chi connectivity index (χ3n) is 4.67. The van der Waals surface area contributed by atoms with E-state index in [-0.39, 0.29) is 17.9 Å². The molecule has 0 atom stereocenters. The van der Waals surface area contributed by atoms with Crippen LogP contribution in [0.1, 0.15) is 5.56 Å². The summed E-state index contributed by atoms with van der Waals surface area (Å²) in [5, 5.41) is 0. The Kier molecular flexibility index (Phi) is 4.61. The minimum absolute atomic E-state index is 0.146. The number of pyridine rings is 1. The summed E-state index contributed by atoms with van der Waals surface area (Å²) in [6.45, 7) is 0.146. The van der Waals surface area contributed by atoms with Gasteiger partial charge in [-0.2, -0.15) is 0 Å². The Balaban J connectivity index is 1.71. The fraction of sp³-hybridized carbons (Fsp3) is 0.136. The Morgan fingerprint density at radius 2 is 1.79 bits per heavy atom. The number of halogens is 1. The molecule has 5 nitrogen and oxygen atoms in total. The Morgan fingerprint density at radius 1 is 1.00 bits per heavy atom. The number of rotatable bonds is 4. The second kappa shape index (κ2) is 7.23. The van der Waals surface area contributed by atoms with Crippen molar-refractivity contribution >= 4 is 16.9 Å². The van der Waals surface area contributed by atoms with Gasteiger partial charge in [0.1, 0.15) is 11.6 Å². The number of hydrogen-bond donors (Lipinski definition) is 0. The van der Waals surface area contributed by atoms with Gasteiger partial charge < -0.3 is 9.47 Å². The first kappa shape index (κ1) is 17.9. The van der Waals surface area contributed by atoms with Gasteiger partial charge in [0.25, 0.3) is 5.56 Å². The third-order valence-corrected chi connectivity index (χ3v) is 4.67. The molecule has 0 aliphatic rings. The average molecular weight is 374 g/mol. The van der Waals surface area contributed by atoms with Crippen LogP contribution in [0.25, 0.3) is 22.2 Å². The molecule has 0 N–H and O–H groups in total. The van der Waals surface area contributed by atoms with E-state index >= 15 is 0 Å². The van der Waals surface area contributed by atoms with E-state index in [0.717, 1.165) is 16.9 Å². The van der Waals surface area contributed by atoms with Crippen molar-refractivity contribution in [1.82, 2.24) is 14.5 Å². The van der Waals surface area contributed by atoms with Gasteiger partial charge in [0.15, 0.2) is 0 Å². The standard InChI is InChI=1S/C22H19FN4O/c1-26(2)21-12-16(9-10-24-21)15-7-8-17(18(23)11-15)14-27-20-6-4-3-5-19(20)25-13-22(27)28/h3-13H,14H2,1-2H3. The summed E-state index contributed by atoms with van der Waals surface area (Å²) < 4.78 is 16.4. The van der Waals surface area contributed by atoms with Crippen LogP contribution < -0.4 is 10.5 Å². The van der Waals surface area contributed by atoms with Crippen molar-refractivity contribution in [1.29, 1.82) is 0 Å². The first-order valence-electron chi connectivity index (χ1n) is 8.90. The summed E-state index contributed by atoms with van der Waals surface area (Å²) in [6.07, 6.45) is 2.98. The van der Waals surface area contributed by atoms with Crippen molar-refractivity contribution in [3.63, 3.8) is 0 Å². The molecule has 2 aromatic carbocycles. The molecule has 0 spiro atoms. The van der Waals surface area contributed by atoms with Crippen LogP contribution in [0.2, 0.25) is 0 Å². The summed E-state index contributed by atoms with van der Waals surface area (Å²) in [4.78, 5) is 22.6. The molecule has 2 aromatic heterocycles. The maximum atomic E-state index is 14.9. The molecule has 0 amide bonds. The van der Waals surface area contributed by atoms with E-state index in [2.05, 4.69) is 9.97 Å². The maximum Gasteiger partial charge on any atom is 0.269 e. The van der Waals surface area contributed by atoms with Crippen molar-refractivity contribution in [3.05, 3.63) is 88.7 Å². The van der Waals surface area contributed by atoms with Crippen LogP contribution in [-0.4, -0.2) is 28.6 Å². The van der Waals surface area contributed by atoms with Crippen molar-refractivity contribution in [2.75, 3.05) is 19.0 Å². The van der Waals surface area contributed by atoms with Crippen LogP contribution in [0.3, 0.4) is 0 Å². The number of benzene rings is 2. The molecule has 0 aliphatic heterocycles. The minimum atomic E-state index is -0.353. The summed E-state index contributed by atoms with van der Waals surface area (Å²) >= 11 is 0. The van der Waals surface area contributed by atoms with Gasteiger partial charge in [-0.1, -0.05) is 24.3 Å². The van der Waals surface area contributed by atoms with E-state index in [9.17, 15) is 9.18 Å². The van der Waals surface area contributed by atoms with Crippen molar-refractivity contribution in [2.24, 2.45) is 0 Å². The van der Waals surface area contributed by atoms with Gasteiger partial charge in [0.05, 0.1) is 23.8 Å². The van der Waals surface area contributed by atoms with Crippen LogP contribution >= 0.6 is 0 Å². The largest absolute Gasteiger partial charge is 0.363 e. The second-order valence-electron chi connectivity index (χ2n) is 6.77. The molecule has 140 valence electrons. The van der Waals surface area contributed by atoms with Crippen molar-refractivity contribution in [2.45, 2.75) is 6.54 Å². The summed E-state index contributed by atoms with van der Waals surface area (Å²) in [5.41, 5.74) is 3.22. The lowest BCUT2D eigenvalue weighted by molar-refractivity contribution is 0.599. The lowest BCUT2D eigenvalue weighted by Crippen LogP contribution is -2.21. The predicted molar refractivity (Wildman–Crippen MR) is 109 cm³/mol. The quantitative estimate of drug-likeness (QED) is 0.546. The molecule has 0 saturated carbocycles. The van der Waals surface area contributed by atoms with Gasteiger partial charge in [-0.15, -0.1) is 0 Å². The summed E-state index contributed by atoms with van der Waals surface area (Å²) in [5.74, 6) is 0.449. The highest BCUT2D eigenvalue weighted by atomic mass is 19.1. The monoisotopic (exact) mass is 374 g/mol. The Morgan fingerprint density at radius 3 is 2.57 bits per heavy atom. The first-order valence-corrected chi connectivity index (χ1v) is 8.90. The number of hydrogen-bond acceptors (Lipinski definition) is 4. The lowest BCUT2D eigenvalue weighted by Gasteiger charge is -2.13. The van der Waals surface area contributed by atoms with E-state index in [1.165, 1.54) is 16.8 Å². The smallest absolute Gasteiger partial charge is 0.269 e.